The molecule has 0 bridgehead atoms. The van der Waals surface area contributed by atoms with Gasteiger partial charge in [0.25, 0.3) is 0 Å². The second kappa shape index (κ2) is 4.09. The fourth-order valence-electron chi connectivity index (χ4n) is 1.46. The van der Waals surface area contributed by atoms with Crippen LogP contribution in [-0.4, -0.2) is 18.7 Å². The summed E-state index contributed by atoms with van der Waals surface area (Å²) >= 11 is 1.66. The number of aliphatic hydroxyl groups is 1. The molecule has 0 fully saturated rings. The van der Waals surface area contributed by atoms with Crippen LogP contribution in [0.1, 0.15) is 11.0 Å². The summed E-state index contributed by atoms with van der Waals surface area (Å²) in [6, 6.07) is 10.2. The lowest BCUT2D eigenvalue weighted by Crippen LogP contribution is -2.15. The van der Waals surface area contributed by atoms with Gasteiger partial charge in [0.2, 0.25) is 0 Å². The van der Waals surface area contributed by atoms with Crippen molar-refractivity contribution >= 4 is 21.4 Å². The van der Waals surface area contributed by atoms with Crippen LogP contribution < -0.4 is 5.32 Å². The van der Waals surface area contributed by atoms with Crippen molar-refractivity contribution in [2.75, 3.05) is 13.6 Å². The van der Waals surface area contributed by atoms with E-state index in [1.807, 2.05) is 19.2 Å². The number of aliphatic hydroxyl groups excluding tert-OH is 1. The fourth-order valence-corrected chi connectivity index (χ4v) is 2.51. The van der Waals surface area contributed by atoms with Crippen molar-refractivity contribution in [3.05, 3.63) is 35.2 Å². The van der Waals surface area contributed by atoms with Crippen LogP contribution >= 0.6 is 11.3 Å². The Morgan fingerprint density at radius 3 is 2.93 bits per heavy atom. The SMILES string of the molecule is CNCC(O)c1cc2ccccc2s1. The van der Waals surface area contributed by atoms with Gasteiger partial charge in [-0.25, -0.2) is 0 Å². The van der Waals surface area contributed by atoms with Gasteiger partial charge < -0.3 is 10.4 Å². The zero-order valence-corrected chi connectivity index (χ0v) is 8.84. The monoisotopic (exact) mass is 207 g/mol. The van der Waals surface area contributed by atoms with E-state index in [0.717, 1.165) is 4.88 Å². The van der Waals surface area contributed by atoms with Crippen LogP contribution in [0.4, 0.5) is 0 Å². The van der Waals surface area contributed by atoms with Gasteiger partial charge in [-0.15, -0.1) is 11.3 Å². The van der Waals surface area contributed by atoms with E-state index in [4.69, 9.17) is 0 Å². The standard InChI is InChI=1S/C11H13NOS/c1-12-7-9(13)11-6-8-4-2-3-5-10(8)14-11/h2-6,9,12-13H,7H2,1H3. The summed E-state index contributed by atoms with van der Waals surface area (Å²) in [6.07, 6.45) is -0.391. The predicted molar refractivity (Wildman–Crippen MR) is 60.7 cm³/mol. The predicted octanol–water partition coefficient (Wildman–Crippen LogP) is 2.15. The van der Waals surface area contributed by atoms with Gasteiger partial charge in [0.05, 0.1) is 0 Å². The Kier molecular flexibility index (Phi) is 2.82. The summed E-state index contributed by atoms with van der Waals surface area (Å²) in [5.74, 6) is 0. The molecule has 0 spiro atoms. The van der Waals surface area contributed by atoms with Crippen LogP contribution in [0.3, 0.4) is 0 Å². The number of hydrogen-bond donors (Lipinski definition) is 2. The van der Waals surface area contributed by atoms with Gasteiger partial charge in [-0.3, -0.25) is 0 Å². The molecule has 2 rings (SSSR count). The molecule has 0 amide bonds. The molecule has 1 atom stereocenters. The Morgan fingerprint density at radius 2 is 2.21 bits per heavy atom. The molecular weight excluding hydrogens is 194 g/mol. The van der Waals surface area contributed by atoms with Gasteiger partial charge in [-0.2, -0.15) is 0 Å². The molecule has 2 N–H and O–H groups in total. The average Bonchev–Trinajstić information content (AvgIpc) is 2.61. The molecule has 0 aliphatic rings. The first kappa shape index (κ1) is 9.65. The summed E-state index contributed by atoms with van der Waals surface area (Å²) in [6.45, 7) is 0.604. The maximum absolute atomic E-state index is 9.77. The number of thiophene rings is 1. The molecule has 1 heterocycles. The lowest BCUT2D eigenvalue weighted by Gasteiger charge is -2.05. The molecule has 2 aromatic rings. The Bertz CT molecular complexity index is 391. The van der Waals surface area contributed by atoms with Crippen molar-refractivity contribution in [1.29, 1.82) is 0 Å². The van der Waals surface area contributed by atoms with E-state index in [2.05, 4.69) is 23.5 Å². The Morgan fingerprint density at radius 1 is 1.43 bits per heavy atom. The van der Waals surface area contributed by atoms with Crippen LogP contribution in [0.5, 0.6) is 0 Å². The molecule has 14 heavy (non-hydrogen) atoms. The van der Waals surface area contributed by atoms with Crippen molar-refractivity contribution in [1.82, 2.24) is 5.32 Å². The Balaban J connectivity index is 2.35. The van der Waals surface area contributed by atoms with E-state index in [1.165, 1.54) is 10.1 Å². The van der Waals surface area contributed by atoms with E-state index < -0.39 is 6.10 Å². The first-order valence-corrected chi connectivity index (χ1v) is 5.44. The quantitative estimate of drug-likeness (QED) is 0.808. The van der Waals surface area contributed by atoms with Crippen LogP contribution in [-0.2, 0) is 0 Å². The van der Waals surface area contributed by atoms with Crippen LogP contribution in [0.15, 0.2) is 30.3 Å². The largest absolute Gasteiger partial charge is 0.386 e. The van der Waals surface area contributed by atoms with Crippen LogP contribution in [0.25, 0.3) is 10.1 Å². The topological polar surface area (TPSA) is 32.3 Å². The molecule has 1 aromatic carbocycles. The van der Waals surface area contributed by atoms with Crippen LogP contribution in [0.2, 0.25) is 0 Å². The van der Waals surface area contributed by atoms with E-state index in [9.17, 15) is 5.11 Å². The minimum absolute atomic E-state index is 0.391. The van der Waals surface area contributed by atoms with Gasteiger partial charge in [0, 0.05) is 16.1 Å². The molecule has 3 heteroatoms. The van der Waals surface area contributed by atoms with Crippen molar-refractivity contribution in [2.45, 2.75) is 6.10 Å². The number of fused-ring (bicyclic) bond motifs is 1. The first-order valence-electron chi connectivity index (χ1n) is 4.62. The van der Waals surface area contributed by atoms with Crippen molar-refractivity contribution in [2.24, 2.45) is 0 Å². The minimum Gasteiger partial charge on any atom is -0.386 e. The van der Waals surface area contributed by atoms with E-state index in [-0.39, 0.29) is 0 Å². The zero-order chi connectivity index (χ0) is 9.97. The lowest BCUT2D eigenvalue weighted by molar-refractivity contribution is 0.181. The molecule has 0 saturated carbocycles. The second-order valence-corrected chi connectivity index (χ2v) is 4.38. The molecule has 0 radical (unpaired) electrons. The average molecular weight is 207 g/mol. The smallest absolute Gasteiger partial charge is 0.101 e. The summed E-state index contributed by atoms with van der Waals surface area (Å²) in [5, 5.41) is 13.9. The van der Waals surface area contributed by atoms with Crippen molar-refractivity contribution < 1.29 is 5.11 Å². The van der Waals surface area contributed by atoms with Crippen molar-refractivity contribution in [3.8, 4) is 0 Å². The number of rotatable bonds is 3. The van der Waals surface area contributed by atoms with E-state index in [1.54, 1.807) is 11.3 Å². The highest BCUT2D eigenvalue weighted by molar-refractivity contribution is 7.19. The number of likely N-dealkylation sites (N-methyl/N-ethyl adjacent to an activating group) is 1. The molecule has 2 nitrogen and oxygen atoms in total. The van der Waals surface area contributed by atoms with Gasteiger partial charge in [-0.1, -0.05) is 18.2 Å². The van der Waals surface area contributed by atoms with Gasteiger partial charge >= 0.3 is 0 Å². The summed E-state index contributed by atoms with van der Waals surface area (Å²) in [7, 11) is 1.84. The third-order valence-electron chi connectivity index (χ3n) is 2.17. The van der Waals surface area contributed by atoms with E-state index in [0.29, 0.717) is 6.54 Å². The van der Waals surface area contributed by atoms with Gasteiger partial charge in [-0.05, 0) is 24.6 Å². The normalized spacial score (nSPS) is 13.3. The number of hydrogen-bond acceptors (Lipinski definition) is 3. The maximum atomic E-state index is 9.77. The molecule has 1 aromatic heterocycles. The second-order valence-electron chi connectivity index (χ2n) is 3.26. The Labute approximate surface area is 87.2 Å². The molecule has 74 valence electrons. The molecule has 0 aliphatic carbocycles. The Hall–Kier alpha value is -0.900. The highest BCUT2D eigenvalue weighted by Crippen LogP contribution is 2.29. The maximum Gasteiger partial charge on any atom is 0.101 e. The molecule has 0 saturated heterocycles. The third-order valence-corrected chi connectivity index (χ3v) is 3.39. The first-order chi connectivity index (χ1) is 6.81. The summed E-state index contributed by atoms with van der Waals surface area (Å²) in [4.78, 5) is 1.03. The minimum atomic E-state index is -0.391. The highest BCUT2D eigenvalue weighted by atomic mass is 32.1. The molecular formula is C11H13NOS. The van der Waals surface area contributed by atoms with E-state index >= 15 is 0 Å². The highest BCUT2D eigenvalue weighted by Gasteiger charge is 2.09. The van der Waals surface area contributed by atoms with Gasteiger partial charge in [0.1, 0.15) is 6.10 Å². The van der Waals surface area contributed by atoms with Crippen LogP contribution in [0, 0.1) is 0 Å². The fraction of sp³-hybridized carbons (Fsp3) is 0.273. The third kappa shape index (κ3) is 1.80. The number of benzene rings is 1. The lowest BCUT2D eigenvalue weighted by atomic mass is 10.2. The van der Waals surface area contributed by atoms with Crippen molar-refractivity contribution in [3.63, 3.8) is 0 Å². The summed E-state index contributed by atoms with van der Waals surface area (Å²) in [5.41, 5.74) is 0. The summed E-state index contributed by atoms with van der Waals surface area (Å²) < 4.78 is 1.23. The number of nitrogens with one attached hydrogen (secondary N) is 1. The molecule has 1 unspecified atom stereocenters. The van der Waals surface area contributed by atoms with Gasteiger partial charge in [0.15, 0.2) is 0 Å². The molecule has 0 aliphatic heterocycles. The zero-order valence-electron chi connectivity index (χ0n) is 8.03.